The second-order valence-electron chi connectivity index (χ2n) is 6.22. The molecule has 4 heteroatoms. The Bertz CT molecular complexity index is 858. The third-order valence-corrected chi connectivity index (χ3v) is 4.27. The summed E-state index contributed by atoms with van der Waals surface area (Å²) in [6.45, 7) is 2.19. The van der Waals surface area contributed by atoms with Crippen LogP contribution in [0, 0.1) is 0 Å². The Balaban J connectivity index is 1.53. The number of methoxy groups -OCH3 is 1. The van der Waals surface area contributed by atoms with E-state index in [0.717, 1.165) is 22.4 Å². The van der Waals surface area contributed by atoms with E-state index >= 15 is 0 Å². The highest BCUT2D eigenvalue weighted by Crippen LogP contribution is 2.22. The molecule has 1 unspecified atom stereocenters. The van der Waals surface area contributed by atoms with E-state index in [1.54, 1.807) is 14.0 Å². The lowest BCUT2D eigenvalue weighted by Crippen LogP contribution is -2.35. The topological polar surface area (TPSA) is 47.6 Å². The molecule has 0 bridgehead atoms. The fourth-order valence-electron chi connectivity index (χ4n) is 2.69. The summed E-state index contributed by atoms with van der Waals surface area (Å²) < 4.78 is 10.9. The zero-order chi connectivity index (χ0) is 19.1. The Hall–Kier alpha value is -3.27. The lowest BCUT2D eigenvalue weighted by atomic mass is 10.1. The molecule has 0 spiro atoms. The molecule has 4 nitrogen and oxygen atoms in total. The number of amides is 1. The summed E-state index contributed by atoms with van der Waals surface area (Å²) in [7, 11) is 1.63. The van der Waals surface area contributed by atoms with Crippen molar-refractivity contribution >= 4 is 5.91 Å². The van der Waals surface area contributed by atoms with Crippen molar-refractivity contribution in [3.05, 3.63) is 84.4 Å². The van der Waals surface area contributed by atoms with Crippen LogP contribution in [0.1, 0.15) is 12.5 Å². The maximum atomic E-state index is 12.3. The molecule has 0 aliphatic carbocycles. The van der Waals surface area contributed by atoms with E-state index in [1.807, 2.05) is 66.7 Å². The quantitative estimate of drug-likeness (QED) is 0.676. The number of rotatable bonds is 7. The minimum Gasteiger partial charge on any atom is -0.497 e. The van der Waals surface area contributed by atoms with Gasteiger partial charge in [0.2, 0.25) is 0 Å². The Morgan fingerprint density at radius 2 is 1.44 bits per heavy atom. The van der Waals surface area contributed by atoms with E-state index < -0.39 is 6.10 Å². The van der Waals surface area contributed by atoms with Gasteiger partial charge >= 0.3 is 0 Å². The van der Waals surface area contributed by atoms with Crippen LogP contribution in [-0.2, 0) is 11.3 Å². The first kappa shape index (κ1) is 18.5. The molecule has 3 rings (SSSR count). The van der Waals surface area contributed by atoms with E-state index in [2.05, 4.69) is 17.4 Å². The minimum atomic E-state index is -0.578. The van der Waals surface area contributed by atoms with Crippen molar-refractivity contribution in [3.63, 3.8) is 0 Å². The SMILES string of the molecule is COc1ccc(CNC(=O)C(C)Oc2ccc(-c3ccccc3)cc2)cc1. The molecule has 1 N–H and O–H groups in total. The minimum absolute atomic E-state index is 0.155. The Kier molecular flexibility index (Phi) is 6.10. The van der Waals surface area contributed by atoms with Gasteiger partial charge in [0.1, 0.15) is 11.5 Å². The summed E-state index contributed by atoms with van der Waals surface area (Å²) in [5.74, 6) is 1.31. The Morgan fingerprint density at radius 3 is 2.07 bits per heavy atom. The average Bonchev–Trinajstić information content (AvgIpc) is 2.73. The first-order chi connectivity index (χ1) is 13.2. The molecule has 138 valence electrons. The number of hydrogen-bond donors (Lipinski definition) is 1. The van der Waals surface area contributed by atoms with Gasteiger partial charge in [-0.2, -0.15) is 0 Å². The maximum Gasteiger partial charge on any atom is 0.261 e. The van der Waals surface area contributed by atoms with Gasteiger partial charge in [-0.1, -0.05) is 54.6 Å². The summed E-state index contributed by atoms with van der Waals surface area (Å²) in [6.07, 6.45) is -0.578. The fraction of sp³-hybridized carbons (Fsp3) is 0.174. The van der Waals surface area contributed by atoms with Crippen LogP contribution in [0.25, 0.3) is 11.1 Å². The molecule has 0 aromatic heterocycles. The van der Waals surface area contributed by atoms with Gasteiger partial charge in [-0.15, -0.1) is 0 Å². The predicted octanol–water partition coefficient (Wildman–Crippen LogP) is 4.45. The van der Waals surface area contributed by atoms with Crippen LogP contribution in [-0.4, -0.2) is 19.1 Å². The van der Waals surface area contributed by atoms with Crippen molar-refractivity contribution < 1.29 is 14.3 Å². The van der Waals surface area contributed by atoms with Crippen molar-refractivity contribution in [2.45, 2.75) is 19.6 Å². The van der Waals surface area contributed by atoms with E-state index in [-0.39, 0.29) is 5.91 Å². The van der Waals surface area contributed by atoms with Crippen molar-refractivity contribution in [1.82, 2.24) is 5.32 Å². The highest BCUT2D eigenvalue weighted by atomic mass is 16.5. The predicted molar refractivity (Wildman–Crippen MR) is 107 cm³/mol. The van der Waals surface area contributed by atoms with Crippen LogP contribution in [0.2, 0.25) is 0 Å². The zero-order valence-corrected chi connectivity index (χ0v) is 15.5. The van der Waals surface area contributed by atoms with Gasteiger partial charge < -0.3 is 14.8 Å². The molecule has 1 amide bonds. The maximum absolute atomic E-state index is 12.3. The number of nitrogens with one attached hydrogen (secondary N) is 1. The van der Waals surface area contributed by atoms with Crippen molar-refractivity contribution in [1.29, 1.82) is 0 Å². The molecule has 0 heterocycles. The molecule has 3 aromatic rings. The highest BCUT2D eigenvalue weighted by molar-refractivity contribution is 5.80. The van der Waals surface area contributed by atoms with E-state index in [1.165, 1.54) is 0 Å². The Morgan fingerprint density at radius 1 is 0.852 bits per heavy atom. The third-order valence-electron chi connectivity index (χ3n) is 4.27. The number of ether oxygens (including phenoxy) is 2. The van der Waals surface area contributed by atoms with Crippen LogP contribution in [0.3, 0.4) is 0 Å². The molecule has 0 fully saturated rings. The largest absolute Gasteiger partial charge is 0.497 e. The van der Waals surface area contributed by atoms with Gasteiger partial charge in [-0.3, -0.25) is 4.79 Å². The summed E-state index contributed by atoms with van der Waals surface area (Å²) in [4.78, 5) is 12.3. The summed E-state index contributed by atoms with van der Waals surface area (Å²) in [5, 5.41) is 2.89. The van der Waals surface area contributed by atoms with Crippen molar-refractivity contribution in [3.8, 4) is 22.6 Å². The van der Waals surface area contributed by atoms with Crippen LogP contribution in [0.15, 0.2) is 78.9 Å². The molecular formula is C23H23NO3. The Labute approximate surface area is 159 Å². The molecule has 3 aromatic carbocycles. The molecule has 0 aliphatic rings. The molecule has 0 saturated carbocycles. The van der Waals surface area contributed by atoms with Gasteiger partial charge in [0, 0.05) is 6.54 Å². The van der Waals surface area contributed by atoms with Gasteiger partial charge in [0.25, 0.3) is 5.91 Å². The number of hydrogen-bond acceptors (Lipinski definition) is 3. The zero-order valence-electron chi connectivity index (χ0n) is 15.5. The normalized spacial score (nSPS) is 11.5. The fourth-order valence-corrected chi connectivity index (χ4v) is 2.69. The number of carbonyl (C=O) groups is 1. The van der Waals surface area contributed by atoms with Crippen LogP contribution < -0.4 is 14.8 Å². The monoisotopic (exact) mass is 361 g/mol. The van der Waals surface area contributed by atoms with Crippen molar-refractivity contribution in [2.75, 3.05) is 7.11 Å². The molecule has 1 atom stereocenters. The summed E-state index contributed by atoms with van der Waals surface area (Å²) >= 11 is 0. The smallest absolute Gasteiger partial charge is 0.261 e. The third kappa shape index (κ3) is 5.11. The number of benzene rings is 3. The molecule has 0 saturated heterocycles. The van der Waals surface area contributed by atoms with E-state index in [0.29, 0.717) is 12.3 Å². The second kappa shape index (κ2) is 8.90. The number of carbonyl (C=O) groups excluding carboxylic acids is 1. The van der Waals surface area contributed by atoms with Crippen LogP contribution in [0.4, 0.5) is 0 Å². The summed E-state index contributed by atoms with van der Waals surface area (Å²) in [6, 6.07) is 25.5. The van der Waals surface area contributed by atoms with Gasteiger partial charge in [0.05, 0.1) is 7.11 Å². The highest BCUT2D eigenvalue weighted by Gasteiger charge is 2.14. The molecule has 0 radical (unpaired) electrons. The van der Waals surface area contributed by atoms with Crippen molar-refractivity contribution in [2.24, 2.45) is 0 Å². The van der Waals surface area contributed by atoms with Crippen LogP contribution >= 0.6 is 0 Å². The summed E-state index contributed by atoms with van der Waals surface area (Å²) in [5.41, 5.74) is 3.26. The lowest BCUT2D eigenvalue weighted by molar-refractivity contribution is -0.127. The first-order valence-electron chi connectivity index (χ1n) is 8.88. The van der Waals surface area contributed by atoms with E-state index in [4.69, 9.17) is 9.47 Å². The first-order valence-corrected chi connectivity index (χ1v) is 8.88. The molecule has 27 heavy (non-hydrogen) atoms. The standard InChI is InChI=1S/C23H23NO3/c1-17(23(25)24-16-18-8-12-21(26-2)13-9-18)27-22-14-10-20(11-15-22)19-6-4-3-5-7-19/h3-15,17H,16H2,1-2H3,(H,24,25). The molecule has 0 aliphatic heterocycles. The van der Waals surface area contributed by atoms with Gasteiger partial charge in [-0.25, -0.2) is 0 Å². The van der Waals surface area contributed by atoms with Crippen LogP contribution in [0.5, 0.6) is 11.5 Å². The lowest BCUT2D eigenvalue weighted by Gasteiger charge is -2.15. The van der Waals surface area contributed by atoms with Gasteiger partial charge in [-0.05, 0) is 47.9 Å². The molecular weight excluding hydrogens is 338 g/mol. The average molecular weight is 361 g/mol. The van der Waals surface area contributed by atoms with E-state index in [9.17, 15) is 4.79 Å². The van der Waals surface area contributed by atoms with Gasteiger partial charge in [0.15, 0.2) is 6.10 Å². The second-order valence-corrected chi connectivity index (χ2v) is 6.22.